The van der Waals surface area contributed by atoms with Gasteiger partial charge in [-0.05, 0) is 29.8 Å². The number of benzene rings is 1. The number of carbonyl (C=O) groups is 1. The predicted molar refractivity (Wildman–Crippen MR) is 74.3 cm³/mol. The van der Waals surface area contributed by atoms with E-state index in [-0.39, 0.29) is 19.0 Å². The van der Waals surface area contributed by atoms with Crippen molar-refractivity contribution in [2.24, 2.45) is 5.73 Å². The molecule has 1 aromatic carbocycles. The molecule has 0 fully saturated rings. The van der Waals surface area contributed by atoms with Gasteiger partial charge in [0.25, 0.3) is 5.91 Å². The Labute approximate surface area is 121 Å². The molecule has 1 heterocycles. The lowest BCUT2D eigenvalue weighted by molar-refractivity contribution is 0.0784. The first-order chi connectivity index (χ1) is 10.0. The topological polar surface area (TPSA) is 59.2 Å². The number of halogens is 2. The van der Waals surface area contributed by atoms with Gasteiger partial charge in [-0.1, -0.05) is 6.07 Å². The summed E-state index contributed by atoms with van der Waals surface area (Å²) in [6.07, 6.45) is 1.51. The standard InChI is InChI=1S/C15H15F2N3O/c1-20(9-10-2-3-13(16)14(17)6-10)15(21)11-4-5-19-12(7-11)8-18/h2-7H,8-9,18H2,1H3. The van der Waals surface area contributed by atoms with E-state index in [4.69, 9.17) is 5.73 Å². The molecule has 4 nitrogen and oxygen atoms in total. The van der Waals surface area contributed by atoms with Crippen LogP contribution in [0.5, 0.6) is 0 Å². The fourth-order valence-corrected chi connectivity index (χ4v) is 1.93. The molecule has 0 saturated carbocycles. The summed E-state index contributed by atoms with van der Waals surface area (Å²) in [4.78, 5) is 17.7. The molecule has 0 bridgehead atoms. The molecule has 0 spiro atoms. The molecule has 21 heavy (non-hydrogen) atoms. The highest BCUT2D eigenvalue weighted by molar-refractivity contribution is 5.94. The maximum atomic E-state index is 13.2. The summed E-state index contributed by atoms with van der Waals surface area (Å²) in [6.45, 7) is 0.421. The fraction of sp³-hybridized carbons (Fsp3) is 0.200. The minimum Gasteiger partial charge on any atom is -0.337 e. The molecule has 0 unspecified atom stereocenters. The van der Waals surface area contributed by atoms with Crippen LogP contribution in [-0.4, -0.2) is 22.8 Å². The molecule has 1 amide bonds. The van der Waals surface area contributed by atoms with Gasteiger partial charge in [0, 0.05) is 31.9 Å². The average molecular weight is 291 g/mol. The Morgan fingerprint density at radius 2 is 2.00 bits per heavy atom. The van der Waals surface area contributed by atoms with Crippen LogP contribution in [0.25, 0.3) is 0 Å². The summed E-state index contributed by atoms with van der Waals surface area (Å²) in [5, 5.41) is 0. The van der Waals surface area contributed by atoms with Crippen LogP contribution in [-0.2, 0) is 13.1 Å². The Bertz CT molecular complexity index is 661. The molecule has 110 valence electrons. The predicted octanol–water partition coefficient (Wildman–Crippen LogP) is 2.09. The maximum Gasteiger partial charge on any atom is 0.254 e. The van der Waals surface area contributed by atoms with Crippen LogP contribution in [0.15, 0.2) is 36.5 Å². The van der Waals surface area contributed by atoms with Gasteiger partial charge < -0.3 is 10.6 Å². The number of aromatic nitrogens is 1. The summed E-state index contributed by atoms with van der Waals surface area (Å²) >= 11 is 0. The van der Waals surface area contributed by atoms with Gasteiger partial charge in [-0.2, -0.15) is 0 Å². The molecule has 0 aliphatic rings. The minimum absolute atomic E-state index is 0.177. The molecule has 0 aliphatic carbocycles. The van der Waals surface area contributed by atoms with E-state index in [0.29, 0.717) is 16.8 Å². The number of pyridine rings is 1. The van der Waals surface area contributed by atoms with Gasteiger partial charge in [0.1, 0.15) is 0 Å². The van der Waals surface area contributed by atoms with Gasteiger partial charge in [-0.15, -0.1) is 0 Å². The monoisotopic (exact) mass is 291 g/mol. The van der Waals surface area contributed by atoms with E-state index in [2.05, 4.69) is 4.98 Å². The minimum atomic E-state index is -0.928. The molecule has 1 aromatic heterocycles. The van der Waals surface area contributed by atoms with E-state index < -0.39 is 11.6 Å². The summed E-state index contributed by atoms with van der Waals surface area (Å²) in [6, 6.07) is 6.77. The third-order valence-corrected chi connectivity index (χ3v) is 3.02. The quantitative estimate of drug-likeness (QED) is 0.938. The zero-order valence-electron chi connectivity index (χ0n) is 11.5. The number of carbonyl (C=O) groups excluding carboxylic acids is 1. The molecule has 2 rings (SSSR count). The van der Waals surface area contributed by atoms with Gasteiger partial charge in [0.05, 0.1) is 5.69 Å². The lowest BCUT2D eigenvalue weighted by Crippen LogP contribution is -2.26. The second-order valence-electron chi connectivity index (χ2n) is 4.65. The van der Waals surface area contributed by atoms with Crippen LogP contribution in [0.4, 0.5) is 8.78 Å². The van der Waals surface area contributed by atoms with Crippen molar-refractivity contribution in [3.05, 3.63) is 65.0 Å². The summed E-state index contributed by atoms with van der Waals surface area (Å²) < 4.78 is 26.0. The first kappa shape index (κ1) is 15.1. The largest absolute Gasteiger partial charge is 0.337 e. The van der Waals surface area contributed by atoms with Crippen molar-refractivity contribution in [1.82, 2.24) is 9.88 Å². The second-order valence-corrected chi connectivity index (χ2v) is 4.65. The average Bonchev–Trinajstić information content (AvgIpc) is 2.50. The van der Waals surface area contributed by atoms with Crippen LogP contribution in [0.3, 0.4) is 0 Å². The molecule has 0 atom stereocenters. The van der Waals surface area contributed by atoms with Crippen molar-refractivity contribution in [2.45, 2.75) is 13.1 Å². The Balaban J connectivity index is 2.13. The zero-order chi connectivity index (χ0) is 15.4. The van der Waals surface area contributed by atoms with Gasteiger partial charge in [-0.25, -0.2) is 8.78 Å². The Hall–Kier alpha value is -2.34. The Morgan fingerprint density at radius 1 is 1.24 bits per heavy atom. The molecular formula is C15H15F2N3O. The molecule has 2 N–H and O–H groups in total. The normalized spacial score (nSPS) is 10.5. The maximum absolute atomic E-state index is 13.2. The Morgan fingerprint density at radius 3 is 2.67 bits per heavy atom. The first-order valence-corrected chi connectivity index (χ1v) is 6.35. The van der Waals surface area contributed by atoms with Gasteiger partial charge in [-0.3, -0.25) is 9.78 Å². The zero-order valence-corrected chi connectivity index (χ0v) is 11.5. The highest BCUT2D eigenvalue weighted by Crippen LogP contribution is 2.12. The Kier molecular flexibility index (Phi) is 4.59. The van der Waals surface area contributed by atoms with Crippen LogP contribution >= 0.6 is 0 Å². The third kappa shape index (κ3) is 3.61. The summed E-state index contributed by atoms with van der Waals surface area (Å²) in [7, 11) is 1.59. The molecule has 0 aliphatic heterocycles. The number of nitrogens with zero attached hydrogens (tertiary/aromatic N) is 2. The van der Waals surface area contributed by atoms with Crippen LogP contribution < -0.4 is 5.73 Å². The van der Waals surface area contributed by atoms with E-state index in [0.717, 1.165) is 12.1 Å². The SMILES string of the molecule is CN(Cc1ccc(F)c(F)c1)C(=O)c1ccnc(CN)c1. The lowest BCUT2D eigenvalue weighted by Gasteiger charge is -2.17. The number of nitrogens with two attached hydrogens (primary N) is 1. The smallest absolute Gasteiger partial charge is 0.254 e. The van der Waals surface area contributed by atoms with E-state index >= 15 is 0 Å². The van der Waals surface area contributed by atoms with E-state index in [9.17, 15) is 13.6 Å². The van der Waals surface area contributed by atoms with Crippen molar-refractivity contribution in [2.75, 3.05) is 7.05 Å². The van der Waals surface area contributed by atoms with Crippen molar-refractivity contribution in [3.63, 3.8) is 0 Å². The van der Waals surface area contributed by atoms with Crippen molar-refractivity contribution in [3.8, 4) is 0 Å². The van der Waals surface area contributed by atoms with Crippen LogP contribution in [0, 0.1) is 11.6 Å². The van der Waals surface area contributed by atoms with Crippen molar-refractivity contribution in [1.29, 1.82) is 0 Å². The third-order valence-electron chi connectivity index (χ3n) is 3.02. The highest BCUT2D eigenvalue weighted by Gasteiger charge is 2.13. The number of hydrogen-bond donors (Lipinski definition) is 1. The number of amides is 1. The molecule has 2 aromatic rings. The van der Waals surface area contributed by atoms with Crippen molar-refractivity contribution < 1.29 is 13.6 Å². The molecule has 0 saturated heterocycles. The van der Waals surface area contributed by atoms with Crippen LogP contribution in [0.1, 0.15) is 21.6 Å². The molecular weight excluding hydrogens is 276 g/mol. The van der Waals surface area contributed by atoms with Crippen LogP contribution in [0.2, 0.25) is 0 Å². The fourth-order valence-electron chi connectivity index (χ4n) is 1.93. The summed E-state index contributed by atoms with van der Waals surface area (Å²) in [5.41, 5.74) is 7.06. The van der Waals surface area contributed by atoms with Crippen molar-refractivity contribution >= 4 is 5.91 Å². The lowest BCUT2D eigenvalue weighted by atomic mass is 10.1. The number of hydrogen-bond acceptors (Lipinski definition) is 3. The molecule has 0 radical (unpaired) electrons. The van der Waals surface area contributed by atoms with E-state index in [1.807, 2.05) is 0 Å². The summed E-state index contributed by atoms with van der Waals surface area (Å²) in [5.74, 6) is -2.08. The van der Waals surface area contributed by atoms with E-state index in [1.54, 1.807) is 19.2 Å². The van der Waals surface area contributed by atoms with Gasteiger partial charge >= 0.3 is 0 Å². The van der Waals surface area contributed by atoms with E-state index in [1.165, 1.54) is 17.2 Å². The molecule has 6 heteroatoms. The van der Waals surface area contributed by atoms with Gasteiger partial charge in [0.2, 0.25) is 0 Å². The van der Waals surface area contributed by atoms with Gasteiger partial charge in [0.15, 0.2) is 11.6 Å². The highest BCUT2D eigenvalue weighted by atomic mass is 19.2. The number of rotatable bonds is 4. The first-order valence-electron chi connectivity index (χ1n) is 6.35. The second kappa shape index (κ2) is 6.41.